The van der Waals surface area contributed by atoms with E-state index >= 15 is 0 Å². The molecule has 2 rings (SSSR count). The summed E-state index contributed by atoms with van der Waals surface area (Å²) in [6, 6.07) is 11.3. The third-order valence-electron chi connectivity index (χ3n) is 2.52. The van der Waals surface area contributed by atoms with Crippen LogP contribution < -0.4 is 5.32 Å². The summed E-state index contributed by atoms with van der Waals surface area (Å²) in [5, 5.41) is 3.38. The van der Waals surface area contributed by atoms with E-state index in [9.17, 15) is 9.18 Å². The van der Waals surface area contributed by atoms with Crippen LogP contribution in [0.4, 0.5) is 10.1 Å². The lowest BCUT2D eigenvalue weighted by Crippen LogP contribution is -2.12. The predicted octanol–water partition coefficient (Wildman–Crippen LogP) is 4.63. The molecule has 0 fully saturated rings. The Morgan fingerprint density at radius 3 is 2.74 bits per heavy atom. The SMILES string of the molecule is O=C(Nc1cccc(CBr)c1)c1ccc(F)c(Cl)c1. The van der Waals surface area contributed by atoms with Gasteiger partial charge in [-0.05, 0) is 35.9 Å². The molecule has 0 unspecified atom stereocenters. The molecular weight excluding hydrogens is 333 g/mol. The van der Waals surface area contributed by atoms with Crippen LogP contribution in [0.5, 0.6) is 0 Å². The van der Waals surface area contributed by atoms with Gasteiger partial charge in [0.2, 0.25) is 0 Å². The quantitative estimate of drug-likeness (QED) is 0.810. The number of halogens is 3. The van der Waals surface area contributed by atoms with Gasteiger partial charge in [-0.1, -0.05) is 39.7 Å². The van der Waals surface area contributed by atoms with Crippen LogP contribution in [0.25, 0.3) is 0 Å². The number of nitrogens with one attached hydrogen (secondary N) is 1. The number of hydrogen-bond donors (Lipinski definition) is 1. The van der Waals surface area contributed by atoms with Crippen molar-refractivity contribution in [1.82, 2.24) is 0 Å². The summed E-state index contributed by atoms with van der Waals surface area (Å²) in [6.07, 6.45) is 0. The average Bonchev–Trinajstić information content (AvgIpc) is 2.42. The van der Waals surface area contributed by atoms with Gasteiger partial charge in [0.15, 0.2) is 0 Å². The van der Waals surface area contributed by atoms with Crippen LogP contribution in [0.2, 0.25) is 5.02 Å². The first-order chi connectivity index (χ1) is 9.10. The molecule has 19 heavy (non-hydrogen) atoms. The molecule has 0 aliphatic carbocycles. The van der Waals surface area contributed by atoms with E-state index in [2.05, 4.69) is 21.2 Å². The van der Waals surface area contributed by atoms with Crippen LogP contribution in [-0.4, -0.2) is 5.91 Å². The Morgan fingerprint density at radius 2 is 2.05 bits per heavy atom. The van der Waals surface area contributed by atoms with E-state index in [4.69, 9.17) is 11.6 Å². The molecule has 5 heteroatoms. The van der Waals surface area contributed by atoms with Crippen LogP contribution in [-0.2, 0) is 5.33 Å². The zero-order valence-corrected chi connectivity index (χ0v) is 12.1. The minimum atomic E-state index is -0.542. The van der Waals surface area contributed by atoms with Crippen molar-refractivity contribution < 1.29 is 9.18 Å². The molecule has 0 saturated heterocycles. The molecule has 0 saturated carbocycles. The summed E-state index contributed by atoms with van der Waals surface area (Å²) in [6.45, 7) is 0. The average molecular weight is 343 g/mol. The summed E-state index contributed by atoms with van der Waals surface area (Å²) >= 11 is 9.00. The van der Waals surface area contributed by atoms with Crippen molar-refractivity contribution in [2.75, 3.05) is 5.32 Å². The lowest BCUT2D eigenvalue weighted by Gasteiger charge is -2.07. The maximum absolute atomic E-state index is 13.0. The molecule has 0 radical (unpaired) electrons. The van der Waals surface area contributed by atoms with Gasteiger partial charge in [-0.2, -0.15) is 0 Å². The molecule has 1 amide bonds. The summed E-state index contributed by atoms with van der Waals surface area (Å²) in [5.41, 5.74) is 2.05. The van der Waals surface area contributed by atoms with Gasteiger partial charge >= 0.3 is 0 Å². The molecule has 1 N–H and O–H groups in total. The van der Waals surface area contributed by atoms with Crippen LogP contribution in [0.3, 0.4) is 0 Å². The van der Waals surface area contributed by atoms with Crippen LogP contribution in [0, 0.1) is 5.82 Å². The number of carbonyl (C=O) groups is 1. The van der Waals surface area contributed by atoms with Crippen molar-refractivity contribution in [3.8, 4) is 0 Å². The zero-order chi connectivity index (χ0) is 13.8. The van der Waals surface area contributed by atoms with Crippen molar-refractivity contribution in [3.63, 3.8) is 0 Å². The lowest BCUT2D eigenvalue weighted by atomic mass is 10.2. The first-order valence-electron chi connectivity index (χ1n) is 5.51. The van der Waals surface area contributed by atoms with E-state index in [1.54, 1.807) is 6.07 Å². The highest BCUT2D eigenvalue weighted by Gasteiger charge is 2.09. The maximum atomic E-state index is 13.0. The van der Waals surface area contributed by atoms with Gasteiger partial charge in [0.05, 0.1) is 5.02 Å². The van der Waals surface area contributed by atoms with Gasteiger partial charge < -0.3 is 5.32 Å². The zero-order valence-electron chi connectivity index (χ0n) is 9.79. The fraction of sp³-hybridized carbons (Fsp3) is 0.0714. The number of rotatable bonds is 3. The monoisotopic (exact) mass is 341 g/mol. The minimum absolute atomic E-state index is 0.0677. The fourth-order valence-electron chi connectivity index (χ4n) is 1.57. The molecule has 0 heterocycles. The largest absolute Gasteiger partial charge is 0.322 e. The van der Waals surface area contributed by atoms with Gasteiger partial charge in [0, 0.05) is 16.6 Å². The molecule has 98 valence electrons. The third kappa shape index (κ3) is 3.55. The van der Waals surface area contributed by atoms with Crippen molar-refractivity contribution >= 4 is 39.1 Å². The Hall–Kier alpha value is -1.39. The molecular formula is C14H10BrClFNO. The van der Waals surface area contributed by atoms with Crippen molar-refractivity contribution in [2.45, 2.75) is 5.33 Å². The molecule has 2 nitrogen and oxygen atoms in total. The molecule has 0 aromatic heterocycles. The standard InChI is InChI=1S/C14H10BrClFNO/c15-8-9-2-1-3-11(6-9)18-14(19)10-4-5-13(17)12(16)7-10/h1-7H,8H2,(H,18,19). The summed E-state index contributed by atoms with van der Waals surface area (Å²) in [7, 11) is 0. The van der Waals surface area contributed by atoms with Crippen LogP contribution >= 0.6 is 27.5 Å². The normalized spacial score (nSPS) is 10.3. The second-order valence-corrected chi connectivity index (χ2v) is 4.88. The molecule has 2 aromatic rings. The first kappa shape index (κ1) is 14.0. The van der Waals surface area contributed by atoms with Gasteiger partial charge in [0.25, 0.3) is 5.91 Å². The van der Waals surface area contributed by atoms with Gasteiger partial charge in [-0.25, -0.2) is 4.39 Å². The predicted molar refractivity (Wildman–Crippen MR) is 78.4 cm³/mol. The van der Waals surface area contributed by atoms with Gasteiger partial charge in [-0.3, -0.25) is 4.79 Å². The Kier molecular flexibility index (Phi) is 4.56. The van der Waals surface area contributed by atoms with E-state index < -0.39 is 5.82 Å². The molecule has 0 aliphatic rings. The topological polar surface area (TPSA) is 29.1 Å². The van der Waals surface area contributed by atoms with Crippen LogP contribution in [0.15, 0.2) is 42.5 Å². The lowest BCUT2D eigenvalue weighted by molar-refractivity contribution is 0.102. The maximum Gasteiger partial charge on any atom is 0.255 e. The highest BCUT2D eigenvalue weighted by molar-refractivity contribution is 9.08. The Bertz CT molecular complexity index is 618. The van der Waals surface area contributed by atoms with Crippen molar-refractivity contribution in [2.24, 2.45) is 0 Å². The number of hydrogen-bond acceptors (Lipinski definition) is 1. The Morgan fingerprint density at radius 1 is 1.26 bits per heavy atom. The second kappa shape index (κ2) is 6.17. The number of carbonyl (C=O) groups excluding carboxylic acids is 1. The van der Waals surface area contributed by atoms with E-state index in [1.165, 1.54) is 18.2 Å². The first-order valence-corrected chi connectivity index (χ1v) is 7.01. The third-order valence-corrected chi connectivity index (χ3v) is 3.46. The number of alkyl halides is 1. The minimum Gasteiger partial charge on any atom is -0.322 e. The second-order valence-electron chi connectivity index (χ2n) is 3.92. The number of benzene rings is 2. The van der Waals surface area contributed by atoms with E-state index in [-0.39, 0.29) is 10.9 Å². The van der Waals surface area contributed by atoms with E-state index in [1.807, 2.05) is 18.2 Å². The van der Waals surface area contributed by atoms with Crippen molar-refractivity contribution in [3.05, 3.63) is 64.4 Å². The van der Waals surface area contributed by atoms with Gasteiger partial charge in [0.1, 0.15) is 5.82 Å². The fourth-order valence-corrected chi connectivity index (χ4v) is 2.10. The summed E-state index contributed by atoms with van der Waals surface area (Å²) < 4.78 is 13.0. The van der Waals surface area contributed by atoms with E-state index in [0.717, 1.165) is 5.56 Å². The molecule has 0 atom stereocenters. The summed E-state index contributed by atoms with van der Waals surface area (Å²) in [5.74, 6) is -0.867. The highest BCUT2D eigenvalue weighted by atomic mass is 79.9. The summed E-state index contributed by atoms with van der Waals surface area (Å²) in [4.78, 5) is 12.0. The molecule has 0 spiro atoms. The molecule has 2 aromatic carbocycles. The highest BCUT2D eigenvalue weighted by Crippen LogP contribution is 2.18. The van der Waals surface area contributed by atoms with Crippen molar-refractivity contribution in [1.29, 1.82) is 0 Å². The Balaban J connectivity index is 2.18. The molecule has 0 bridgehead atoms. The Labute approximate surface area is 123 Å². The number of amides is 1. The van der Waals surface area contributed by atoms with Crippen LogP contribution in [0.1, 0.15) is 15.9 Å². The smallest absolute Gasteiger partial charge is 0.255 e. The number of anilines is 1. The molecule has 0 aliphatic heterocycles. The van der Waals surface area contributed by atoms with E-state index in [0.29, 0.717) is 16.6 Å². The van der Waals surface area contributed by atoms with Gasteiger partial charge in [-0.15, -0.1) is 0 Å².